The molecule has 0 aromatic heterocycles. The van der Waals surface area contributed by atoms with Crippen molar-refractivity contribution in [3.8, 4) is 0 Å². The Bertz CT molecular complexity index is 737. The number of nitrogens with one attached hydrogen (secondary N) is 1. The molecule has 0 bridgehead atoms. The maximum atomic E-state index is 12.4. The first-order valence-corrected chi connectivity index (χ1v) is 19.4. The first-order chi connectivity index (χ1) is 22.5. The molecule has 0 aliphatic rings. The summed E-state index contributed by atoms with van der Waals surface area (Å²) in [5.74, 6) is -0.606. The van der Waals surface area contributed by atoms with Crippen molar-refractivity contribution in [1.82, 2.24) is 5.32 Å². The van der Waals surface area contributed by atoms with Crippen LogP contribution in [0, 0.1) is 0 Å². The van der Waals surface area contributed by atoms with Gasteiger partial charge >= 0.3 is 0 Å². The average Bonchev–Trinajstić information content (AvgIpc) is 3.06. The molecule has 0 radical (unpaired) electrons. The SMILES string of the molecule is CCC/C=C/CC/C=C/CCCC(O)C(O)C(CO)NC(=O)C(O)CCCCCCCC/C=C\CCCCCCCCCCCC. The van der Waals surface area contributed by atoms with Gasteiger partial charge in [-0.1, -0.05) is 147 Å². The van der Waals surface area contributed by atoms with Gasteiger partial charge in [-0.3, -0.25) is 4.79 Å². The van der Waals surface area contributed by atoms with Gasteiger partial charge < -0.3 is 25.7 Å². The second kappa shape index (κ2) is 34.9. The standard InChI is InChI=1S/C40H75NO5/c1-3-5-7-9-11-13-15-16-17-18-19-20-21-22-23-24-26-28-30-32-34-38(44)40(46)41-36(35-42)39(45)37(43)33-31-29-27-25-14-12-10-8-6-4-2/h8,10,20-21,25,27,36-39,42-45H,3-7,9,11-19,22-24,26,28-35H2,1-2H3,(H,41,46)/b10-8+,21-20-,27-25+. The molecule has 0 aromatic rings. The summed E-state index contributed by atoms with van der Waals surface area (Å²) in [6.45, 7) is 3.93. The smallest absolute Gasteiger partial charge is 0.249 e. The van der Waals surface area contributed by atoms with Crippen LogP contribution in [-0.2, 0) is 4.79 Å². The van der Waals surface area contributed by atoms with Gasteiger partial charge in [-0.2, -0.15) is 0 Å². The minimum absolute atomic E-state index is 0.352. The number of rotatable bonds is 34. The average molecular weight is 650 g/mol. The Morgan fingerprint density at radius 1 is 0.522 bits per heavy atom. The van der Waals surface area contributed by atoms with Crippen LogP contribution in [0.15, 0.2) is 36.5 Å². The van der Waals surface area contributed by atoms with Crippen LogP contribution in [0.4, 0.5) is 0 Å². The van der Waals surface area contributed by atoms with Gasteiger partial charge in [-0.05, 0) is 70.6 Å². The number of amides is 1. The molecule has 0 aliphatic carbocycles. The summed E-state index contributed by atoms with van der Waals surface area (Å²) >= 11 is 0. The van der Waals surface area contributed by atoms with Crippen molar-refractivity contribution in [2.45, 2.75) is 205 Å². The lowest BCUT2D eigenvalue weighted by Crippen LogP contribution is -2.53. The monoisotopic (exact) mass is 650 g/mol. The summed E-state index contributed by atoms with van der Waals surface area (Å²) in [6, 6.07) is -1.01. The van der Waals surface area contributed by atoms with Crippen molar-refractivity contribution in [3.05, 3.63) is 36.5 Å². The van der Waals surface area contributed by atoms with E-state index in [1.807, 2.05) is 0 Å². The lowest BCUT2D eigenvalue weighted by Gasteiger charge is -2.27. The van der Waals surface area contributed by atoms with E-state index in [9.17, 15) is 25.2 Å². The highest BCUT2D eigenvalue weighted by molar-refractivity contribution is 5.80. The van der Waals surface area contributed by atoms with E-state index in [0.29, 0.717) is 19.3 Å². The van der Waals surface area contributed by atoms with E-state index in [1.54, 1.807) is 0 Å². The molecule has 0 aliphatic heterocycles. The highest BCUT2D eigenvalue weighted by Crippen LogP contribution is 2.14. The molecule has 5 N–H and O–H groups in total. The number of hydrogen-bond donors (Lipinski definition) is 5. The fourth-order valence-electron chi connectivity index (χ4n) is 5.66. The van der Waals surface area contributed by atoms with E-state index < -0.39 is 36.9 Å². The van der Waals surface area contributed by atoms with Crippen molar-refractivity contribution in [2.24, 2.45) is 0 Å². The van der Waals surface area contributed by atoms with Gasteiger partial charge in [0.25, 0.3) is 0 Å². The maximum Gasteiger partial charge on any atom is 0.249 e. The number of aliphatic hydroxyl groups is 4. The molecule has 270 valence electrons. The third-order valence-electron chi connectivity index (χ3n) is 8.78. The molecule has 0 aromatic carbocycles. The second-order valence-electron chi connectivity index (χ2n) is 13.3. The third-order valence-corrected chi connectivity index (χ3v) is 8.78. The minimum Gasteiger partial charge on any atom is -0.394 e. The van der Waals surface area contributed by atoms with E-state index in [0.717, 1.165) is 57.8 Å². The molecule has 0 fully saturated rings. The predicted octanol–water partition coefficient (Wildman–Crippen LogP) is 9.40. The van der Waals surface area contributed by atoms with Crippen molar-refractivity contribution in [2.75, 3.05) is 6.61 Å². The fourth-order valence-corrected chi connectivity index (χ4v) is 5.66. The first kappa shape index (κ1) is 44.5. The van der Waals surface area contributed by atoms with Gasteiger partial charge in [-0.25, -0.2) is 0 Å². The van der Waals surface area contributed by atoms with Crippen LogP contribution in [0.1, 0.15) is 181 Å². The highest BCUT2D eigenvalue weighted by atomic mass is 16.3. The quantitative estimate of drug-likeness (QED) is 0.0352. The molecule has 0 spiro atoms. The molecule has 46 heavy (non-hydrogen) atoms. The third kappa shape index (κ3) is 28.7. The molecule has 0 saturated carbocycles. The van der Waals surface area contributed by atoms with E-state index in [2.05, 4.69) is 55.6 Å². The summed E-state index contributed by atoms with van der Waals surface area (Å²) in [5, 5.41) is 43.3. The number of allylic oxidation sites excluding steroid dienone is 6. The summed E-state index contributed by atoms with van der Waals surface area (Å²) < 4.78 is 0. The minimum atomic E-state index is -1.29. The van der Waals surface area contributed by atoms with Gasteiger partial charge in [-0.15, -0.1) is 0 Å². The molecular formula is C40H75NO5. The zero-order chi connectivity index (χ0) is 33.9. The van der Waals surface area contributed by atoms with Crippen LogP contribution in [0.2, 0.25) is 0 Å². The first-order valence-electron chi connectivity index (χ1n) is 19.4. The van der Waals surface area contributed by atoms with Gasteiger partial charge in [0.2, 0.25) is 5.91 Å². The largest absolute Gasteiger partial charge is 0.394 e. The summed E-state index contributed by atoms with van der Waals surface area (Å²) in [6.07, 6.45) is 38.9. The van der Waals surface area contributed by atoms with Gasteiger partial charge in [0.15, 0.2) is 0 Å². The summed E-state index contributed by atoms with van der Waals surface area (Å²) in [7, 11) is 0. The zero-order valence-corrected chi connectivity index (χ0v) is 30.1. The van der Waals surface area contributed by atoms with Crippen LogP contribution < -0.4 is 5.32 Å². The van der Waals surface area contributed by atoms with E-state index >= 15 is 0 Å². The molecule has 0 saturated heterocycles. The lowest BCUT2D eigenvalue weighted by molar-refractivity contribution is -0.132. The van der Waals surface area contributed by atoms with Crippen LogP contribution in [0.5, 0.6) is 0 Å². The number of hydrogen-bond acceptors (Lipinski definition) is 5. The topological polar surface area (TPSA) is 110 Å². The molecule has 6 nitrogen and oxygen atoms in total. The predicted molar refractivity (Wildman–Crippen MR) is 196 cm³/mol. The maximum absolute atomic E-state index is 12.4. The van der Waals surface area contributed by atoms with Gasteiger partial charge in [0, 0.05) is 0 Å². The van der Waals surface area contributed by atoms with Crippen LogP contribution in [0.25, 0.3) is 0 Å². The number of carbonyl (C=O) groups excluding carboxylic acids is 1. The van der Waals surface area contributed by atoms with E-state index in [4.69, 9.17) is 0 Å². The van der Waals surface area contributed by atoms with Crippen molar-refractivity contribution < 1.29 is 25.2 Å². The molecule has 1 amide bonds. The van der Waals surface area contributed by atoms with Crippen molar-refractivity contribution >= 4 is 5.91 Å². The van der Waals surface area contributed by atoms with E-state index in [1.165, 1.54) is 89.9 Å². The van der Waals surface area contributed by atoms with E-state index in [-0.39, 0.29) is 0 Å². The van der Waals surface area contributed by atoms with Crippen LogP contribution in [0.3, 0.4) is 0 Å². The van der Waals surface area contributed by atoms with Crippen molar-refractivity contribution in [1.29, 1.82) is 0 Å². The van der Waals surface area contributed by atoms with Crippen molar-refractivity contribution in [3.63, 3.8) is 0 Å². The number of aliphatic hydroxyl groups excluding tert-OH is 4. The second-order valence-corrected chi connectivity index (χ2v) is 13.3. The Balaban J connectivity index is 3.80. The Labute approximate surface area is 284 Å². The van der Waals surface area contributed by atoms with Crippen LogP contribution >= 0.6 is 0 Å². The van der Waals surface area contributed by atoms with Gasteiger partial charge in [0.1, 0.15) is 12.2 Å². The fraction of sp³-hybridized carbons (Fsp3) is 0.825. The molecule has 0 rings (SSSR count). The zero-order valence-electron chi connectivity index (χ0n) is 30.1. The van der Waals surface area contributed by atoms with Gasteiger partial charge in [0.05, 0.1) is 18.8 Å². The molecular weight excluding hydrogens is 574 g/mol. The van der Waals surface area contributed by atoms with Crippen LogP contribution in [-0.4, -0.2) is 57.3 Å². The molecule has 0 heterocycles. The summed E-state index contributed by atoms with van der Waals surface area (Å²) in [4.78, 5) is 12.4. The molecule has 4 atom stereocenters. The normalized spacial score (nSPS) is 14.8. The number of carbonyl (C=O) groups is 1. The molecule has 6 heteroatoms. The Morgan fingerprint density at radius 3 is 1.46 bits per heavy atom. The Hall–Kier alpha value is -1.47. The Kier molecular flexibility index (Phi) is 33.7. The summed E-state index contributed by atoms with van der Waals surface area (Å²) in [5.41, 5.74) is 0. The lowest BCUT2D eigenvalue weighted by atomic mass is 10.00. The Morgan fingerprint density at radius 2 is 0.957 bits per heavy atom. The number of unbranched alkanes of at least 4 members (excludes halogenated alkanes) is 19. The molecule has 4 unspecified atom stereocenters. The highest BCUT2D eigenvalue weighted by Gasteiger charge is 2.28.